The summed E-state index contributed by atoms with van der Waals surface area (Å²) in [4.78, 5) is 49.6. The van der Waals surface area contributed by atoms with Gasteiger partial charge in [-0.3, -0.25) is 14.4 Å². The first-order chi connectivity index (χ1) is 10.6. The first kappa shape index (κ1) is 21.2. The summed E-state index contributed by atoms with van der Waals surface area (Å²) in [7, 11) is 0. The van der Waals surface area contributed by atoms with Gasteiger partial charge in [-0.25, -0.2) is 0 Å². The van der Waals surface area contributed by atoms with Crippen molar-refractivity contribution >= 4 is 28.7 Å². The highest BCUT2D eigenvalue weighted by molar-refractivity contribution is 8.13. The zero-order valence-corrected chi connectivity index (χ0v) is 14.5. The van der Waals surface area contributed by atoms with Crippen molar-refractivity contribution in [2.75, 3.05) is 18.9 Å². The van der Waals surface area contributed by atoms with Gasteiger partial charge in [-0.15, -0.1) is 10.1 Å². The highest BCUT2D eigenvalue weighted by atomic mass is 32.2. The first-order valence-corrected chi connectivity index (χ1v) is 8.15. The minimum absolute atomic E-state index is 0.0728. The molecule has 0 aliphatic rings. The van der Waals surface area contributed by atoms with Crippen molar-refractivity contribution in [3.8, 4) is 0 Å². The third-order valence-electron chi connectivity index (χ3n) is 2.62. The second kappa shape index (κ2) is 10.8. The van der Waals surface area contributed by atoms with Gasteiger partial charge in [0, 0.05) is 24.1 Å². The number of hydrogen-bond donors (Lipinski definition) is 2. The number of amides is 2. The van der Waals surface area contributed by atoms with Crippen molar-refractivity contribution in [1.29, 1.82) is 0 Å². The van der Waals surface area contributed by atoms with Crippen molar-refractivity contribution < 1.29 is 24.3 Å². The molecule has 0 aliphatic carbocycles. The van der Waals surface area contributed by atoms with Gasteiger partial charge in [-0.1, -0.05) is 39.5 Å². The number of hydrogen-bond acceptors (Lipinski definition) is 7. The molecule has 0 aromatic carbocycles. The van der Waals surface area contributed by atoms with Crippen LogP contribution in [0, 0.1) is 22.0 Å². The molecule has 10 heteroatoms. The number of rotatable bonds is 10. The molecule has 0 rings (SSSR count). The van der Waals surface area contributed by atoms with Crippen LogP contribution < -0.4 is 10.6 Å². The Labute approximate surface area is 139 Å². The molecule has 0 fully saturated rings. The standard InChI is InChI=1S/C13H23N3O6S/c1-8(2)11(17)15-10(7-23-13(19)9(3)4)12(18)14-5-6-22-16(20)21/h8-10H,5-7H2,1-4H3,(H,14,18)(H,15,17). The largest absolute Gasteiger partial charge is 0.352 e. The molecule has 0 spiro atoms. The van der Waals surface area contributed by atoms with Gasteiger partial charge in [0.15, 0.2) is 5.12 Å². The summed E-state index contributed by atoms with van der Waals surface area (Å²) in [6.45, 7) is 6.49. The lowest BCUT2D eigenvalue weighted by Crippen LogP contribution is -2.50. The van der Waals surface area contributed by atoms with Crippen molar-refractivity contribution in [1.82, 2.24) is 10.6 Å². The Kier molecular flexibility index (Phi) is 9.95. The van der Waals surface area contributed by atoms with Crippen molar-refractivity contribution in [2.45, 2.75) is 33.7 Å². The molecule has 2 N–H and O–H groups in total. The predicted octanol–water partition coefficient (Wildman–Crippen LogP) is 0.368. The fourth-order valence-corrected chi connectivity index (χ4v) is 2.17. The van der Waals surface area contributed by atoms with Crippen LogP contribution in [-0.4, -0.2) is 47.0 Å². The van der Waals surface area contributed by atoms with E-state index in [4.69, 9.17) is 0 Å². The van der Waals surface area contributed by atoms with Crippen molar-refractivity contribution in [2.24, 2.45) is 11.8 Å². The van der Waals surface area contributed by atoms with Gasteiger partial charge in [0.1, 0.15) is 12.6 Å². The second-order valence-electron chi connectivity index (χ2n) is 5.35. The number of thioether (sulfide) groups is 1. The molecule has 0 saturated carbocycles. The van der Waals surface area contributed by atoms with Gasteiger partial charge in [-0.05, 0) is 0 Å². The molecule has 9 nitrogen and oxygen atoms in total. The van der Waals surface area contributed by atoms with Gasteiger partial charge < -0.3 is 15.5 Å². The summed E-state index contributed by atoms with van der Waals surface area (Å²) in [5.74, 6) is -1.23. The van der Waals surface area contributed by atoms with Crippen LogP contribution in [0.3, 0.4) is 0 Å². The summed E-state index contributed by atoms with van der Waals surface area (Å²) in [5, 5.41) is 14.0. The summed E-state index contributed by atoms with van der Waals surface area (Å²) in [6, 6.07) is -0.895. The van der Waals surface area contributed by atoms with Gasteiger partial charge in [0.25, 0.3) is 5.09 Å². The third kappa shape index (κ3) is 9.72. The zero-order chi connectivity index (χ0) is 18.0. The number of nitrogens with one attached hydrogen (secondary N) is 2. The first-order valence-electron chi connectivity index (χ1n) is 7.17. The number of carbonyl (C=O) groups excluding carboxylic acids is 3. The molecule has 1 unspecified atom stereocenters. The molecule has 0 heterocycles. The summed E-state index contributed by atoms with van der Waals surface area (Å²) in [5.41, 5.74) is 0. The Morgan fingerprint density at radius 1 is 1.13 bits per heavy atom. The third-order valence-corrected chi connectivity index (χ3v) is 3.87. The Morgan fingerprint density at radius 2 is 1.74 bits per heavy atom. The van der Waals surface area contributed by atoms with Crippen LogP contribution in [-0.2, 0) is 19.2 Å². The monoisotopic (exact) mass is 349 g/mol. The average Bonchev–Trinajstić information content (AvgIpc) is 2.46. The van der Waals surface area contributed by atoms with Crippen LogP contribution in [0.2, 0.25) is 0 Å². The van der Waals surface area contributed by atoms with E-state index >= 15 is 0 Å². The zero-order valence-electron chi connectivity index (χ0n) is 13.7. The van der Waals surface area contributed by atoms with Crippen LogP contribution in [0.5, 0.6) is 0 Å². The van der Waals surface area contributed by atoms with E-state index in [9.17, 15) is 24.5 Å². The predicted molar refractivity (Wildman–Crippen MR) is 85.0 cm³/mol. The Balaban J connectivity index is 4.56. The molecule has 0 aromatic heterocycles. The SMILES string of the molecule is CC(C)C(=O)NC(CSC(=O)C(C)C)C(=O)NCCO[N+](=O)[O-]. The van der Waals surface area contributed by atoms with E-state index in [2.05, 4.69) is 15.5 Å². The highest BCUT2D eigenvalue weighted by Crippen LogP contribution is 2.12. The fraction of sp³-hybridized carbons (Fsp3) is 0.769. The molecule has 0 bridgehead atoms. The van der Waals surface area contributed by atoms with Crippen LogP contribution >= 0.6 is 11.8 Å². The van der Waals surface area contributed by atoms with Crippen molar-refractivity contribution in [3.63, 3.8) is 0 Å². The summed E-state index contributed by atoms with van der Waals surface area (Å²) in [6.07, 6.45) is 0. The van der Waals surface area contributed by atoms with Crippen LogP contribution in [0.15, 0.2) is 0 Å². The molecule has 0 saturated heterocycles. The molecule has 0 aliphatic heterocycles. The van der Waals surface area contributed by atoms with E-state index in [-0.39, 0.29) is 41.8 Å². The van der Waals surface area contributed by atoms with Gasteiger partial charge in [0.05, 0.1) is 0 Å². The van der Waals surface area contributed by atoms with E-state index in [1.807, 2.05) is 0 Å². The van der Waals surface area contributed by atoms with Crippen molar-refractivity contribution in [3.05, 3.63) is 10.1 Å². The maximum absolute atomic E-state index is 12.1. The molecular weight excluding hydrogens is 326 g/mol. The van der Waals surface area contributed by atoms with Gasteiger partial charge in [0.2, 0.25) is 11.8 Å². The topological polar surface area (TPSA) is 128 Å². The Morgan fingerprint density at radius 3 is 2.22 bits per heavy atom. The van der Waals surface area contributed by atoms with Crippen LogP contribution in [0.4, 0.5) is 0 Å². The Hall–Kier alpha value is -1.84. The normalized spacial score (nSPS) is 11.9. The molecule has 1 atom stereocenters. The average molecular weight is 349 g/mol. The maximum atomic E-state index is 12.1. The second-order valence-corrected chi connectivity index (χ2v) is 6.37. The van der Waals surface area contributed by atoms with E-state index in [0.29, 0.717) is 0 Å². The lowest BCUT2D eigenvalue weighted by Gasteiger charge is -2.19. The molecule has 23 heavy (non-hydrogen) atoms. The van der Waals surface area contributed by atoms with E-state index in [1.165, 1.54) is 0 Å². The molecular formula is C13H23N3O6S. The lowest BCUT2D eigenvalue weighted by molar-refractivity contribution is -0.757. The fourth-order valence-electron chi connectivity index (χ4n) is 1.27. The summed E-state index contributed by atoms with van der Waals surface area (Å²) >= 11 is 0.965. The van der Waals surface area contributed by atoms with Gasteiger partial charge >= 0.3 is 0 Å². The molecule has 2 amide bonds. The minimum Gasteiger partial charge on any atom is -0.352 e. The maximum Gasteiger partial charge on any atom is 0.294 e. The number of carbonyl (C=O) groups is 3. The molecule has 132 valence electrons. The smallest absolute Gasteiger partial charge is 0.294 e. The van der Waals surface area contributed by atoms with Crippen LogP contribution in [0.25, 0.3) is 0 Å². The molecule has 0 aromatic rings. The van der Waals surface area contributed by atoms with E-state index < -0.39 is 17.0 Å². The lowest BCUT2D eigenvalue weighted by atomic mass is 10.2. The van der Waals surface area contributed by atoms with Gasteiger partial charge in [-0.2, -0.15) is 0 Å². The highest BCUT2D eigenvalue weighted by Gasteiger charge is 2.23. The molecule has 0 radical (unpaired) electrons. The number of nitrogens with zero attached hydrogens (tertiary/aromatic N) is 1. The van der Waals surface area contributed by atoms with E-state index in [0.717, 1.165) is 11.8 Å². The quantitative estimate of drug-likeness (QED) is 0.331. The van der Waals surface area contributed by atoms with E-state index in [1.54, 1.807) is 27.7 Å². The van der Waals surface area contributed by atoms with Crippen LogP contribution in [0.1, 0.15) is 27.7 Å². The minimum atomic E-state index is -0.957. The Bertz CT molecular complexity index is 441. The summed E-state index contributed by atoms with van der Waals surface area (Å²) < 4.78 is 0.